The second-order valence-electron chi connectivity index (χ2n) is 5.84. The number of Topliss-reactive ketones (excluding diaryl/α,β-unsaturated/α-hetero) is 1. The van der Waals surface area contributed by atoms with E-state index < -0.39 is 5.25 Å². The number of aromatic nitrogens is 3. The Morgan fingerprint density at radius 2 is 1.70 bits per heavy atom. The summed E-state index contributed by atoms with van der Waals surface area (Å²) < 4.78 is 28.1. The number of hydrogen-bond acceptors (Lipinski definition) is 4. The highest BCUT2D eigenvalue weighted by Crippen LogP contribution is 2.28. The van der Waals surface area contributed by atoms with Crippen LogP contribution in [0.15, 0.2) is 66.3 Å². The monoisotopic (exact) mass is 385 g/mol. The molecule has 0 N–H and O–H groups in total. The van der Waals surface area contributed by atoms with Crippen molar-refractivity contribution in [3.63, 3.8) is 0 Å². The van der Waals surface area contributed by atoms with Crippen molar-refractivity contribution in [2.75, 3.05) is 0 Å². The predicted molar refractivity (Wildman–Crippen MR) is 102 cm³/mol. The number of thioether (sulfide) groups is 1. The lowest BCUT2D eigenvalue weighted by Crippen LogP contribution is -2.15. The summed E-state index contributed by atoms with van der Waals surface area (Å²) in [6, 6.07) is 11.4. The molecule has 0 aliphatic heterocycles. The molecule has 4 nitrogen and oxygen atoms in total. The van der Waals surface area contributed by atoms with Gasteiger partial charge in [-0.3, -0.25) is 9.36 Å². The van der Waals surface area contributed by atoms with Gasteiger partial charge in [-0.1, -0.05) is 17.8 Å². The van der Waals surface area contributed by atoms with Crippen molar-refractivity contribution in [2.45, 2.75) is 23.9 Å². The fourth-order valence-corrected chi connectivity index (χ4v) is 3.48. The van der Waals surface area contributed by atoms with Gasteiger partial charge in [0.05, 0.1) is 5.25 Å². The molecular weight excluding hydrogens is 368 g/mol. The topological polar surface area (TPSA) is 47.8 Å². The number of allylic oxidation sites excluding steroid dienone is 1. The minimum Gasteiger partial charge on any atom is -0.298 e. The highest BCUT2D eigenvalue weighted by molar-refractivity contribution is 8.00. The summed E-state index contributed by atoms with van der Waals surface area (Å²) in [4.78, 5) is 12.6. The number of hydrogen-bond donors (Lipinski definition) is 0. The van der Waals surface area contributed by atoms with Crippen molar-refractivity contribution < 1.29 is 13.6 Å². The van der Waals surface area contributed by atoms with E-state index in [1.54, 1.807) is 25.1 Å². The average Bonchev–Trinajstić information content (AvgIpc) is 3.05. The molecule has 0 saturated heterocycles. The van der Waals surface area contributed by atoms with Gasteiger partial charge < -0.3 is 0 Å². The summed E-state index contributed by atoms with van der Waals surface area (Å²) in [6.45, 7) is 5.96. The molecule has 0 radical (unpaired) electrons. The number of nitrogens with zero attached hydrogens (tertiary/aromatic N) is 3. The Bertz CT molecular complexity index is 952. The van der Waals surface area contributed by atoms with Crippen LogP contribution >= 0.6 is 11.8 Å². The molecule has 0 aliphatic rings. The molecule has 1 aromatic heterocycles. The molecule has 1 heterocycles. The molecule has 27 heavy (non-hydrogen) atoms. The third-order valence-corrected chi connectivity index (χ3v) is 4.99. The van der Waals surface area contributed by atoms with Gasteiger partial charge >= 0.3 is 0 Å². The van der Waals surface area contributed by atoms with Crippen molar-refractivity contribution in [3.8, 4) is 11.4 Å². The summed E-state index contributed by atoms with van der Waals surface area (Å²) in [5.41, 5.74) is 1.15. The average molecular weight is 385 g/mol. The minimum absolute atomic E-state index is 0.128. The molecule has 0 bridgehead atoms. The smallest absolute Gasteiger partial charge is 0.192 e. The van der Waals surface area contributed by atoms with Crippen LogP contribution in [0.2, 0.25) is 0 Å². The normalized spacial score (nSPS) is 12.0. The molecule has 7 heteroatoms. The number of carbonyl (C=O) groups excluding carboxylic acids is 1. The van der Waals surface area contributed by atoms with Gasteiger partial charge in [0, 0.05) is 17.7 Å². The Morgan fingerprint density at radius 1 is 1.11 bits per heavy atom. The number of carbonyl (C=O) groups is 1. The molecule has 2 aromatic carbocycles. The molecule has 0 unspecified atom stereocenters. The van der Waals surface area contributed by atoms with Gasteiger partial charge in [-0.2, -0.15) is 0 Å². The van der Waals surface area contributed by atoms with Crippen molar-refractivity contribution in [1.82, 2.24) is 14.8 Å². The molecule has 0 saturated carbocycles. The van der Waals surface area contributed by atoms with Crippen LogP contribution in [0.5, 0.6) is 0 Å². The first-order chi connectivity index (χ1) is 13.0. The Labute approximate surface area is 159 Å². The zero-order chi connectivity index (χ0) is 19.4. The van der Waals surface area contributed by atoms with Gasteiger partial charge in [0.15, 0.2) is 16.8 Å². The summed E-state index contributed by atoms with van der Waals surface area (Å²) in [6.07, 6.45) is 1.70. The quantitative estimate of drug-likeness (QED) is 0.334. The zero-order valence-corrected chi connectivity index (χ0v) is 15.4. The van der Waals surface area contributed by atoms with Gasteiger partial charge in [0.2, 0.25) is 0 Å². The molecule has 0 spiro atoms. The minimum atomic E-state index is -0.440. The Balaban J connectivity index is 1.85. The van der Waals surface area contributed by atoms with Crippen molar-refractivity contribution in [3.05, 3.63) is 78.4 Å². The standard InChI is InChI=1S/C20H17F2N3OS/c1-3-12-25-19(15-6-10-17(22)11-7-15)23-24-20(25)27-13(2)18(26)14-4-8-16(21)9-5-14/h3-11,13H,1,12H2,2H3/t13-/m0/s1. The lowest BCUT2D eigenvalue weighted by Gasteiger charge is -2.12. The summed E-state index contributed by atoms with van der Waals surface area (Å²) in [5.74, 6) is -0.279. The van der Waals surface area contributed by atoms with Crippen molar-refractivity contribution in [2.24, 2.45) is 0 Å². The molecular formula is C20H17F2N3OS. The fraction of sp³-hybridized carbons (Fsp3) is 0.150. The van der Waals surface area contributed by atoms with Crippen LogP contribution in [-0.2, 0) is 6.54 Å². The molecule has 3 rings (SSSR count). The number of benzene rings is 2. The van der Waals surface area contributed by atoms with E-state index in [0.717, 1.165) is 5.56 Å². The first-order valence-electron chi connectivity index (χ1n) is 8.26. The second-order valence-corrected chi connectivity index (χ2v) is 7.15. The SMILES string of the molecule is C=CCn1c(S[C@@H](C)C(=O)c2ccc(F)cc2)nnc1-c1ccc(F)cc1. The number of rotatable bonds is 7. The van der Waals surface area contributed by atoms with Crippen LogP contribution in [0.1, 0.15) is 17.3 Å². The van der Waals surface area contributed by atoms with Crippen LogP contribution in [-0.4, -0.2) is 25.8 Å². The maximum absolute atomic E-state index is 13.2. The zero-order valence-electron chi connectivity index (χ0n) is 14.6. The summed E-state index contributed by atoms with van der Waals surface area (Å²) in [5, 5.41) is 8.49. The highest BCUT2D eigenvalue weighted by Gasteiger charge is 2.21. The van der Waals surface area contributed by atoms with E-state index in [4.69, 9.17) is 0 Å². The van der Waals surface area contributed by atoms with E-state index in [1.165, 1.54) is 48.2 Å². The van der Waals surface area contributed by atoms with E-state index in [-0.39, 0.29) is 17.4 Å². The van der Waals surface area contributed by atoms with Crippen LogP contribution in [0.3, 0.4) is 0 Å². The van der Waals surface area contributed by atoms with Crippen molar-refractivity contribution in [1.29, 1.82) is 0 Å². The van der Waals surface area contributed by atoms with Crippen LogP contribution in [0.4, 0.5) is 8.78 Å². The van der Waals surface area contributed by atoms with E-state index in [1.807, 2.05) is 4.57 Å². The molecule has 0 aliphatic carbocycles. The summed E-state index contributed by atoms with van der Waals surface area (Å²) >= 11 is 1.26. The summed E-state index contributed by atoms with van der Waals surface area (Å²) in [7, 11) is 0. The molecule has 138 valence electrons. The van der Waals surface area contributed by atoms with Crippen LogP contribution in [0.25, 0.3) is 11.4 Å². The number of ketones is 1. The van der Waals surface area contributed by atoms with E-state index in [9.17, 15) is 13.6 Å². The first kappa shape index (κ1) is 19.0. The molecule has 0 amide bonds. The third kappa shape index (κ3) is 4.31. The molecule has 0 fully saturated rings. The lowest BCUT2D eigenvalue weighted by molar-refractivity contribution is 0.0994. The maximum Gasteiger partial charge on any atom is 0.192 e. The van der Waals surface area contributed by atoms with Gasteiger partial charge in [0.1, 0.15) is 11.6 Å². The van der Waals surface area contributed by atoms with Crippen LogP contribution < -0.4 is 0 Å². The highest BCUT2D eigenvalue weighted by atomic mass is 32.2. The Morgan fingerprint density at radius 3 is 2.30 bits per heavy atom. The van der Waals surface area contributed by atoms with E-state index >= 15 is 0 Å². The lowest BCUT2D eigenvalue weighted by atomic mass is 10.1. The first-order valence-corrected chi connectivity index (χ1v) is 9.14. The predicted octanol–water partition coefficient (Wildman–Crippen LogP) is 4.77. The molecule has 1 atom stereocenters. The van der Waals surface area contributed by atoms with Crippen LogP contribution in [0, 0.1) is 11.6 Å². The van der Waals surface area contributed by atoms with E-state index in [2.05, 4.69) is 16.8 Å². The van der Waals surface area contributed by atoms with Gasteiger partial charge in [-0.15, -0.1) is 16.8 Å². The number of halogens is 2. The van der Waals surface area contributed by atoms with Gasteiger partial charge in [-0.25, -0.2) is 8.78 Å². The second kappa shape index (κ2) is 8.26. The largest absolute Gasteiger partial charge is 0.298 e. The van der Waals surface area contributed by atoms with Crippen molar-refractivity contribution >= 4 is 17.5 Å². The van der Waals surface area contributed by atoms with Gasteiger partial charge in [0.25, 0.3) is 0 Å². The fourth-order valence-electron chi connectivity index (χ4n) is 2.54. The molecule has 3 aromatic rings. The Kier molecular flexibility index (Phi) is 5.81. The maximum atomic E-state index is 13.2. The Hall–Kier alpha value is -2.80. The van der Waals surface area contributed by atoms with Gasteiger partial charge in [-0.05, 0) is 55.5 Å². The van der Waals surface area contributed by atoms with E-state index in [0.29, 0.717) is 23.1 Å². The third-order valence-electron chi connectivity index (χ3n) is 3.91.